The summed E-state index contributed by atoms with van der Waals surface area (Å²) in [6, 6.07) is 0.387. The molecule has 1 fully saturated rings. The van der Waals surface area contributed by atoms with Gasteiger partial charge in [-0.15, -0.1) is 0 Å². The van der Waals surface area contributed by atoms with Crippen LogP contribution in [0.15, 0.2) is 0 Å². The Labute approximate surface area is 122 Å². The molecule has 0 spiro atoms. The van der Waals surface area contributed by atoms with Gasteiger partial charge in [0.1, 0.15) is 0 Å². The van der Waals surface area contributed by atoms with Gasteiger partial charge in [-0.2, -0.15) is 0 Å². The van der Waals surface area contributed by atoms with Crippen LogP contribution in [-0.2, 0) is 4.79 Å². The second-order valence-corrected chi connectivity index (χ2v) is 5.98. The summed E-state index contributed by atoms with van der Waals surface area (Å²) in [6.45, 7) is 6.83. The van der Waals surface area contributed by atoms with Gasteiger partial charge in [0.15, 0.2) is 0 Å². The van der Waals surface area contributed by atoms with E-state index in [0.717, 1.165) is 19.4 Å². The van der Waals surface area contributed by atoms with Crippen molar-refractivity contribution in [3.63, 3.8) is 0 Å². The molecule has 110 valence electrons. The van der Waals surface area contributed by atoms with Gasteiger partial charge in [-0.25, -0.2) is 0 Å². The van der Waals surface area contributed by atoms with Crippen LogP contribution in [-0.4, -0.2) is 28.4 Å². The summed E-state index contributed by atoms with van der Waals surface area (Å²) in [4.78, 5) is 15.3. The molecule has 0 saturated heterocycles. The lowest BCUT2D eigenvalue weighted by molar-refractivity contribution is -0.141. The zero-order valence-corrected chi connectivity index (χ0v) is 13.4. The highest BCUT2D eigenvalue weighted by Crippen LogP contribution is 2.33. The summed E-state index contributed by atoms with van der Waals surface area (Å²) < 4.78 is 0. The Balaban J connectivity index is 2.95. The van der Waals surface area contributed by atoms with E-state index in [1.54, 1.807) is 0 Å². The van der Waals surface area contributed by atoms with E-state index in [1.165, 1.54) is 19.3 Å². The first kappa shape index (κ1) is 16.4. The van der Waals surface area contributed by atoms with E-state index in [0.29, 0.717) is 23.9 Å². The molecular weight excluding hydrogens is 256 g/mol. The Morgan fingerprint density at radius 2 is 1.74 bits per heavy atom. The predicted molar refractivity (Wildman–Crippen MR) is 84.1 cm³/mol. The topological polar surface area (TPSA) is 46.3 Å². The third kappa shape index (κ3) is 3.28. The lowest BCUT2D eigenvalue weighted by Gasteiger charge is -2.40. The maximum Gasteiger partial charge on any atom is 0.235 e. The Morgan fingerprint density at radius 1 is 1.21 bits per heavy atom. The summed E-state index contributed by atoms with van der Waals surface area (Å²) in [5, 5.41) is 0. The number of thiocarbonyl (C=S) groups is 1. The first-order valence-corrected chi connectivity index (χ1v) is 8.05. The van der Waals surface area contributed by atoms with Gasteiger partial charge >= 0.3 is 0 Å². The molecule has 1 aliphatic carbocycles. The van der Waals surface area contributed by atoms with Crippen LogP contribution in [0.2, 0.25) is 0 Å². The number of nitrogens with zero attached hydrogens (tertiary/aromatic N) is 1. The van der Waals surface area contributed by atoms with E-state index in [9.17, 15) is 4.79 Å². The van der Waals surface area contributed by atoms with Gasteiger partial charge in [0.25, 0.3) is 0 Å². The Kier molecular flexibility index (Phi) is 6.24. The minimum atomic E-state index is -0.636. The molecule has 0 heterocycles. The summed E-state index contributed by atoms with van der Waals surface area (Å²) >= 11 is 5.20. The SMILES string of the molecule is CCN(C(=O)C(CC)(CC)C(N)=S)C1CCCCC1. The fraction of sp³-hybridized carbons (Fsp3) is 0.867. The van der Waals surface area contributed by atoms with Crippen molar-refractivity contribution in [2.24, 2.45) is 11.1 Å². The molecule has 1 rings (SSSR count). The van der Waals surface area contributed by atoms with Crippen LogP contribution < -0.4 is 5.73 Å². The van der Waals surface area contributed by atoms with Gasteiger partial charge in [0, 0.05) is 12.6 Å². The van der Waals surface area contributed by atoms with Crippen molar-refractivity contribution in [3.05, 3.63) is 0 Å². The maximum atomic E-state index is 13.0. The lowest BCUT2D eigenvalue weighted by atomic mass is 9.79. The molecule has 0 aliphatic heterocycles. The van der Waals surface area contributed by atoms with Gasteiger partial charge in [0.2, 0.25) is 5.91 Å². The van der Waals surface area contributed by atoms with E-state index in [1.807, 2.05) is 18.7 Å². The zero-order chi connectivity index (χ0) is 14.5. The van der Waals surface area contributed by atoms with Crippen LogP contribution in [0.3, 0.4) is 0 Å². The molecule has 0 radical (unpaired) electrons. The molecule has 0 aromatic carbocycles. The average Bonchev–Trinajstić information content (AvgIpc) is 2.42. The van der Waals surface area contributed by atoms with Crippen molar-refractivity contribution in [3.8, 4) is 0 Å². The highest BCUT2D eigenvalue weighted by Gasteiger charge is 2.42. The van der Waals surface area contributed by atoms with Crippen molar-refractivity contribution in [1.29, 1.82) is 0 Å². The fourth-order valence-corrected chi connectivity index (χ4v) is 3.62. The number of carbonyl (C=O) groups excluding carboxylic acids is 1. The van der Waals surface area contributed by atoms with Crippen molar-refractivity contribution in [2.45, 2.75) is 71.8 Å². The summed E-state index contributed by atoms with van der Waals surface area (Å²) in [6.07, 6.45) is 7.40. The Morgan fingerprint density at radius 3 is 2.11 bits per heavy atom. The number of hydrogen-bond donors (Lipinski definition) is 1. The predicted octanol–water partition coefficient (Wildman–Crippen LogP) is 3.26. The van der Waals surface area contributed by atoms with Crippen molar-refractivity contribution >= 4 is 23.1 Å². The quantitative estimate of drug-likeness (QED) is 0.762. The monoisotopic (exact) mass is 284 g/mol. The molecule has 1 aliphatic rings. The zero-order valence-electron chi connectivity index (χ0n) is 12.6. The van der Waals surface area contributed by atoms with Gasteiger partial charge in [0.05, 0.1) is 10.4 Å². The Bertz CT molecular complexity index is 320. The van der Waals surface area contributed by atoms with E-state index in [2.05, 4.69) is 6.92 Å². The van der Waals surface area contributed by atoms with Crippen LogP contribution >= 0.6 is 12.2 Å². The highest BCUT2D eigenvalue weighted by atomic mass is 32.1. The number of hydrogen-bond acceptors (Lipinski definition) is 2. The van der Waals surface area contributed by atoms with Crippen LogP contribution in [0, 0.1) is 5.41 Å². The van der Waals surface area contributed by atoms with Crippen molar-refractivity contribution < 1.29 is 4.79 Å². The third-order valence-corrected chi connectivity index (χ3v) is 5.10. The van der Waals surface area contributed by atoms with Crippen molar-refractivity contribution in [2.75, 3.05) is 6.54 Å². The summed E-state index contributed by atoms with van der Waals surface area (Å²) in [5.41, 5.74) is 5.26. The molecule has 2 N–H and O–H groups in total. The molecule has 0 atom stereocenters. The molecule has 3 nitrogen and oxygen atoms in total. The van der Waals surface area contributed by atoms with Gasteiger partial charge < -0.3 is 10.6 Å². The van der Waals surface area contributed by atoms with E-state index < -0.39 is 5.41 Å². The van der Waals surface area contributed by atoms with E-state index in [4.69, 9.17) is 18.0 Å². The summed E-state index contributed by atoms with van der Waals surface area (Å²) in [7, 11) is 0. The van der Waals surface area contributed by atoms with Crippen molar-refractivity contribution in [1.82, 2.24) is 4.90 Å². The number of carbonyl (C=O) groups is 1. The normalized spacial score (nSPS) is 17.2. The van der Waals surface area contributed by atoms with Crippen LogP contribution in [0.5, 0.6) is 0 Å². The molecular formula is C15H28N2OS. The van der Waals surface area contributed by atoms with Gasteiger partial charge in [-0.3, -0.25) is 4.79 Å². The molecule has 0 bridgehead atoms. The second kappa shape index (κ2) is 7.22. The standard InChI is InChI=1S/C15H28N2OS/c1-4-15(5-2,13(16)19)14(18)17(6-3)12-10-8-7-9-11-12/h12H,4-11H2,1-3H3,(H2,16,19). The van der Waals surface area contributed by atoms with Crippen LogP contribution in [0.25, 0.3) is 0 Å². The fourth-order valence-electron chi connectivity index (χ4n) is 3.24. The highest BCUT2D eigenvalue weighted by molar-refractivity contribution is 7.80. The number of amides is 1. The molecule has 0 aromatic heterocycles. The molecule has 4 heteroatoms. The molecule has 0 aromatic rings. The Hall–Kier alpha value is -0.640. The molecule has 19 heavy (non-hydrogen) atoms. The molecule has 1 saturated carbocycles. The minimum Gasteiger partial charge on any atom is -0.392 e. The summed E-state index contributed by atoms with van der Waals surface area (Å²) in [5.74, 6) is 0.152. The van der Waals surface area contributed by atoms with Crippen LogP contribution in [0.1, 0.15) is 65.7 Å². The first-order valence-electron chi connectivity index (χ1n) is 7.64. The largest absolute Gasteiger partial charge is 0.392 e. The smallest absolute Gasteiger partial charge is 0.235 e. The van der Waals surface area contributed by atoms with Crippen LogP contribution in [0.4, 0.5) is 0 Å². The van der Waals surface area contributed by atoms with E-state index in [-0.39, 0.29) is 5.91 Å². The molecule has 1 amide bonds. The second-order valence-electron chi connectivity index (χ2n) is 5.54. The molecule has 0 unspecified atom stereocenters. The van der Waals surface area contributed by atoms with Gasteiger partial charge in [-0.1, -0.05) is 45.3 Å². The number of nitrogens with two attached hydrogens (primary N) is 1. The minimum absolute atomic E-state index is 0.152. The first-order chi connectivity index (χ1) is 9.03. The van der Waals surface area contributed by atoms with E-state index >= 15 is 0 Å². The van der Waals surface area contributed by atoms with Gasteiger partial charge in [-0.05, 0) is 32.6 Å². The number of rotatable bonds is 6. The maximum absolute atomic E-state index is 13.0. The third-order valence-electron chi connectivity index (χ3n) is 4.71. The average molecular weight is 284 g/mol. The lowest BCUT2D eigenvalue weighted by Crippen LogP contribution is -2.53.